The second-order valence-corrected chi connectivity index (χ2v) is 9.89. The van der Waals surface area contributed by atoms with Gasteiger partial charge in [-0.15, -0.1) is 0 Å². The number of aryl methyl sites for hydroxylation is 1. The molecule has 3 aromatic rings. The lowest BCUT2D eigenvalue weighted by atomic mass is 9.87. The maximum atomic E-state index is 10.0. The Balaban J connectivity index is 1.73. The maximum absolute atomic E-state index is 10.0. The molecule has 0 saturated carbocycles. The van der Waals surface area contributed by atoms with Crippen molar-refractivity contribution in [1.29, 1.82) is 10.5 Å². The molecule has 0 fully saturated rings. The van der Waals surface area contributed by atoms with E-state index < -0.39 is 12.1 Å². The van der Waals surface area contributed by atoms with Crippen molar-refractivity contribution in [3.8, 4) is 17.8 Å². The van der Waals surface area contributed by atoms with Crippen LogP contribution < -0.4 is 10.7 Å². The Morgan fingerprint density at radius 1 is 1.00 bits per heavy atom. The average molecular weight is 463 g/mol. The summed E-state index contributed by atoms with van der Waals surface area (Å²) in [6.45, 7) is 10.7. The monoisotopic (exact) mass is 462 g/mol. The summed E-state index contributed by atoms with van der Waals surface area (Å²) >= 11 is 0. The van der Waals surface area contributed by atoms with E-state index in [0.717, 1.165) is 28.3 Å². The quantitative estimate of drug-likeness (QED) is 0.511. The van der Waals surface area contributed by atoms with E-state index in [9.17, 15) is 10.5 Å². The minimum atomic E-state index is -0.713. The van der Waals surface area contributed by atoms with Gasteiger partial charge in [0.05, 0.1) is 23.0 Å². The molecule has 0 spiro atoms. The molecule has 1 aliphatic heterocycles. The average Bonchev–Trinajstić information content (AvgIpc) is 3.32. The van der Waals surface area contributed by atoms with Crippen LogP contribution in [0.2, 0.25) is 0 Å². The third kappa shape index (κ3) is 4.49. The van der Waals surface area contributed by atoms with Crippen molar-refractivity contribution < 1.29 is 0 Å². The number of nitriles is 2. The summed E-state index contributed by atoms with van der Waals surface area (Å²) in [6, 6.07) is 24.6. The third-order valence-corrected chi connectivity index (χ3v) is 6.45. The van der Waals surface area contributed by atoms with E-state index in [1.165, 1.54) is 5.56 Å². The summed E-state index contributed by atoms with van der Waals surface area (Å²) in [7, 11) is 0. The number of allylic oxidation sites excluding steroid dienone is 1. The molecule has 2 aromatic carbocycles. The van der Waals surface area contributed by atoms with Gasteiger partial charge in [0.2, 0.25) is 0 Å². The number of anilines is 1. The molecule has 2 heterocycles. The summed E-state index contributed by atoms with van der Waals surface area (Å²) in [5, 5.41) is 26.1. The highest BCUT2D eigenvalue weighted by Gasteiger charge is 2.37. The Morgan fingerprint density at radius 3 is 2.23 bits per heavy atom. The van der Waals surface area contributed by atoms with Gasteiger partial charge < -0.3 is 10.3 Å². The van der Waals surface area contributed by atoms with Crippen LogP contribution in [0.25, 0.3) is 11.8 Å². The fourth-order valence-corrected chi connectivity index (χ4v) is 4.48. The van der Waals surface area contributed by atoms with E-state index in [-0.39, 0.29) is 5.41 Å². The molecule has 6 heteroatoms. The highest BCUT2D eigenvalue weighted by atomic mass is 15.5. The van der Waals surface area contributed by atoms with Gasteiger partial charge in [-0.3, -0.25) is 0 Å². The zero-order valence-corrected chi connectivity index (χ0v) is 20.8. The highest BCUT2D eigenvalue weighted by molar-refractivity contribution is 6.11. The largest absolute Gasteiger partial charge is 0.318 e. The van der Waals surface area contributed by atoms with Gasteiger partial charge in [0, 0.05) is 17.1 Å². The van der Waals surface area contributed by atoms with E-state index in [4.69, 9.17) is 5.73 Å². The second-order valence-electron chi connectivity index (χ2n) is 9.89. The first kappa shape index (κ1) is 24.0. The Labute approximate surface area is 207 Å². The van der Waals surface area contributed by atoms with Crippen molar-refractivity contribution in [1.82, 2.24) is 4.57 Å². The molecule has 2 N–H and O–H groups in total. The van der Waals surface area contributed by atoms with Crippen molar-refractivity contribution in [2.75, 3.05) is 5.01 Å². The second kappa shape index (κ2) is 9.25. The van der Waals surface area contributed by atoms with Crippen molar-refractivity contribution in [2.45, 2.75) is 46.2 Å². The molecule has 6 nitrogen and oxygen atoms in total. The molecule has 2 atom stereocenters. The first-order valence-electron chi connectivity index (χ1n) is 11.7. The van der Waals surface area contributed by atoms with E-state index in [1.54, 1.807) is 5.01 Å². The molecular formula is C29H30N6. The van der Waals surface area contributed by atoms with Gasteiger partial charge in [-0.25, -0.2) is 5.01 Å². The van der Waals surface area contributed by atoms with Crippen LogP contribution >= 0.6 is 0 Å². The summed E-state index contributed by atoms with van der Waals surface area (Å²) in [6.07, 6.45) is 1.15. The molecule has 1 aromatic heterocycles. The van der Waals surface area contributed by atoms with Gasteiger partial charge in [-0.05, 0) is 66.8 Å². The van der Waals surface area contributed by atoms with Crippen LogP contribution in [0.1, 0.15) is 43.3 Å². The van der Waals surface area contributed by atoms with Crippen LogP contribution in [-0.2, 0) is 5.41 Å². The Bertz CT molecular complexity index is 1370. The van der Waals surface area contributed by atoms with E-state index in [1.807, 2.05) is 50.3 Å². The van der Waals surface area contributed by atoms with E-state index >= 15 is 0 Å². The standard InChI is InChI=1S/C29H30N6/c1-19-15-21(20(2)34(19)24-13-11-23(12-14-24)29(3,4)5)16-22(17-30)27-26(18-31)28(32)35(33-27)25-9-7-6-8-10-25/h6-16,26,28H,32H2,1-5H3/b22-16-/t26-,28+/m0/s1. The first-order chi connectivity index (χ1) is 16.7. The fourth-order valence-electron chi connectivity index (χ4n) is 4.48. The third-order valence-electron chi connectivity index (χ3n) is 6.45. The number of para-hydroxylation sites is 1. The topological polar surface area (TPSA) is 94.1 Å². The number of nitrogens with two attached hydrogens (primary N) is 1. The number of hydrogen-bond acceptors (Lipinski definition) is 5. The molecule has 0 unspecified atom stereocenters. The van der Waals surface area contributed by atoms with Gasteiger partial charge in [0.25, 0.3) is 0 Å². The number of aromatic nitrogens is 1. The predicted molar refractivity (Wildman–Crippen MR) is 141 cm³/mol. The van der Waals surface area contributed by atoms with Gasteiger partial charge >= 0.3 is 0 Å². The van der Waals surface area contributed by atoms with Gasteiger partial charge in [-0.1, -0.05) is 51.1 Å². The number of rotatable bonds is 4. The lowest BCUT2D eigenvalue weighted by Gasteiger charge is -2.21. The van der Waals surface area contributed by atoms with Gasteiger partial charge in [-0.2, -0.15) is 15.6 Å². The molecular weight excluding hydrogens is 432 g/mol. The van der Waals surface area contributed by atoms with Crippen LogP contribution in [0, 0.1) is 42.4 Å². The zero-order valence-electron chi connectivity index (χ0n) is 20.8. The molecule has 176 valence electrons. The Hall–Kier alpha value is -4.13. The Morgan fingerprint density at radius 2 is 1.66 bits per heavy atom. The van der Waals surface area contributed by atoms with E-state index in [0.29, 0.717) is 11.3 Å². The van der Waals surface area contributed by atoms with Crippen LogP contribution in [-0.4, -0.2) is 16.4 Å². The Kier molecular flexibility index (Phi) is 6.35. The van der Waals surface area contributed by atoms with Crippen molar-refractivity contribution in [3.05, 3.63) is 88.8 Å². The molecule has 0 bridgehead atoms. The molecule has 0 amide bonds. The molecule has 4 rings (SSSR count). The van der Waals surface area contributed by atoms with Crippen LogP contribution in [0.4, 0.5) is 5.69 Å². The SMILES string of the molecule is Cc1cc(/C=C(/C#N)C2=NN(c3ccccc3)[C@@H](N)[C@H]2C#N)c(C)n1-c1ccc(C(C)(C)C)cc1. The van der Waals surface area contributed by atoms with Crippen molar-refractivity contribution >= 4 is 17.5 Å². The lowest BCUT2D eigenvalue weighted by molar-refractivity contribution is 0.590. The first-order valence-corrected chi connectivity index (χ1v) is 11.7. The molecule has 35 heavy (non-hydrogen) atoms. The molecule has 0 saturated heterocycles. The highest BCUT2D eigenvalue weighted by Crippen LogP contribution is 2.30. The summed E-state index contributed by atoms with van der Waals surface area (Å²) < 4.78 is 2.17. The molecule has 0 aliphatic carbocycles. The van der Waals surface area contributed by atoms with Crippen LogP contribution in [0.3, 0.4) is 0 Å². The van der Waals surface area contributed by atoms with Crippen LogP contribution in [0.5, 0.6) is 0 Å². The zero-order chi connectivity index (χ0) is 25.3. The summed E-state index contributed by atoms with van der Waals surface area (Å²) in [4.78, 5) is 0. The minimum absolute atomic E-state index is 0.0860. The molecule has 0 radical (unpaired) electrons. The normalized spacial score (nSPS) is 18.2. The number of nitrogens with zero attached hydrogens (tertiary/aromatic N) is 5. The van der Waals surface area contributed by atoms with E-state index in [2.05, 4.69) is 72.9 Å². The van der Waals surface area contributed by atoms with Gasteiger partial charge in [0.15, 0.2) is 0 Å². The predicted octanol–water partition coefficient (Wildman–Crippen LogP) is 5.60. The minimum Gasteiger partial charge on any atom is -0.318 e. The van der Waals surface area contributed by atoms with Crippen LogP contribution in [0.15, 0.2) is 71.3 Å². The summed E-state index contributed by atoms with van der Waals surface area (Å²) in [5.41, 5.74) is 13.3. The van der Waals surface area contributed by atoms with Crippen molar-refractivity contribution in [3.63, 3.8) is 0 Å². The fraction of sp³-hybridized carbons (Fsp3) is 0.276. The van der Waals surface area contributed by atoms with Gasteiger partial charge in [0.1, 0.15) is 18.2 Å². The number of hydrazone groups is 1. The van der Waals surface area contributed by atoms with Crippen molar-refractivity contribution in [2.24, 2.45) is 16.8 Å². The number of benzene rings is 2. The number of hydrogen-bond donors (Lipinski definition) is 1. The molecule has 1 aliphatic rings. The smallest absolute Gasteiger partial charge is 0.127 e. The lowest BCUT2D eigenvalue weighted by Crippen LogP contribution is -2.40. The maximum Gasteiger partial charge on any atom is 0.127 e. The summed E-state index contributed by atoms with van der Waals surface area (Å²) in [5.74, 6) is -0.713.